The van der Waals surface area contributed by atoms with Crippen molar-refractivity contribution in [2.24, 2.45) is 11.7 Å². The van der Waals surface area contributed by atoms with Crippen molar-refractivity contribution in [3.05, 3.63) is 70.8 Å². The van der Waals surface area contributed by atoms with E-state index in [4.69, 9.17) is 5.73 Å². The molecule has 1 nitrogen and oxygen atoms in total. The third kappa shape index (κ3) is 3.23. The largest absolute Gasteiger partial charge is 0.320 e. The highest BCUT2D eigenvalue weighted by Crippen LogP contribution is 2.24. The SMILES string of the molecule is CC(C)Cc1ccc(C(N)c2cccc(F)c2F)cc1. The minimum Gasteiger partial charge on any atom is -0.320 e. The van der Waals surface area contributed by atoms with Gasteiger partial charge in [-0.1, -0.05) is 50.2 Å². The van der Waals surface area contributed by atoms with Crippen LogP contribution in [0.5, 0.6) is 0 Å². The molecule has 0 saturated carbocycles. The van der Waals surface area contributed by atoms with Gasteiger partial charge in [0, 0.05) is 5.56 Å². The minimum atomic E-state index is -0.869. The number of benzene rings is 2. The maximum atomic E-state index is 13.7. The highest BCUT2D eigenvalue weighted by atomic mass is 19.2. The molecule has 0 aromatic heterocycles. The van der Waals surface area contributed by atoms with Gasteiger partial charge in [0.15, 0.2) is 11.6 Å². The summed E-state index contributed by atoms with van der Waals surface area (Å²) in [5, 5.41) is 0. The Balaban J connectivity index is 2.25. The van der Waals surface area contributed by atoms with Crippen LogP contribution < -0.4 is 5.73 Å². The Morgan fingerprint density at radius 1 is 1.00 bits per heavy atom. The lowest BCUT2D eigenvalue weighted by Gasteiger charge is -2.14. The predicted molar refractivity (Wildman–Crippen MR) is 77.4 cm³/mol. The van der Waals surface area contributed by atoms with E-state index in [1.807, 2.05) is 24.3 Å². The summed E-state index contributed by atoms with van der Waals surface area (Å²) in [5.74, 6) is -1.16. The van der Waals surface area contributed by atoms with Crippen molar-refractivity contribution >= 4 is 0 Å². The van der Waals surface area contributed by atoms with Gasteiger partial charge in [-0.05, 0) is 29.5 Å². The van der Waals surface area contributed by atoms with E-state index in [-0.39, 0.29) is 5.56 Å². The van der Waals surface area contributed by atoms with Crippen molar-refractivity contribution in [3.63, 3.8) is 0 Å². The Hall–Kier alpha value is -1.74. The smallest absolute Gasteiger partial charge is 0.163 e. The summed E-state index contributed by atoms with van der Waals surface area (Å²) in [6.07, 6.45) is 0.990. The van der Waals surface area contributed by atoms with Crippen molar-refractivity contribution in [2.45, 2.75) is 26.3 Å². The monoisotopic (exact) mass is 275 g/mol. The molecule has 1 unspecified atom stereocenters. The van der Waals surface area contributed by atoms with Crippen LogP contribution >= 0.6 is 0 Å². The summed E-state index contributed by atoms with van der Waals surface area (Å²) in [6.45, 7) is 4.31. The lowest BCUT2D eigenvalue weighted by Crippen LogP contribution is -2.14. The first kappa shape index (κ1) is 14.7. The van der Waals surface area contributed by atoms with Gasteiger partial charge in [-0.15, -0.1) is 0 Å². The first-order valence-corrected chi connectivity index (χ1v) is 6.77. The fourth-order valence-electron chi connectivity index (χ4n) is 2.27. The van der Waals surface area contributed by atoms with Crippen molar-refractivity contribution in [1.82, 2.24) is 0 Å². The van der Waals surface area contributed by atoms with E-state index in [9.17, 15) is 8.78 Å². The zero-order valence-corrected chi connectivity index (χ0v) is 11.7. The Kier molecular flexibility index (Phi) is 4.50. The second-order valence-electron chi connectivity index (χ2n) is 5.46. The van der Waals surface area contributed by atoms with Crippen molar-refractivity contribution in [1.29, 1.82) is 0 Å². The third-order valence-electron chi connectivity index (χ3n) is 3.30. The molecule has 2 rings (SSSR count). The maximum absolute atomic E-state index is 13.7. The second kappa shape index (κ2) is 6.14. The number of hydrogen-bond donors (Lipinski definition) is 1. The zero-order valence-electron chi connectivity index (χ0n) is 11.7. The lowest BCUT2D eigenvalue weighted by atomic mass is 9.96. The Bertz CT molecular complexity index is 576. The van der Waals surface area contributed by atoms with Crippen LogP contribution in [0.25, 0.3) is 0 Å². The van der Waals surface area contributed by atoms with Gasteiger partial charge in [0.05, 0.1) is 6.04 Å². The van der Waals surface area contributed by atoms with Crippen LogP contribution in [0.15, 0.2) is 42.5 Å². The minimum absolute atomic E-state index is 0.182. The number of rotatable bonds is 4. The normalized spacial score (nSPS) is 12.7. The fourth-order valence-corrected chi connectivity index (χ4v) is 2.27. The summed E-state index contributed by atoms with van der Waals surface area (Å²) in [6, 6.07) is 11.2. The first-order valence-electron chi connectivity index (χ1n) is 6.77. The van der Waals surface area contributed by atoms with Gasteiger partial charge in [-0.2, -0.15) is 0 Å². The Labute approximate surface area is 118 Å². The molecule has 0 radical (unpaired) electrons. The maximum Gasteiger partial charge on any atom is 0.163 e. The molecule has 0 heterocycles. The number of hydrogen-bond acceptors (Lipinski definition) is 1. The fraction of sp³-hybridized carbons (Fsp3) is 0.294. The molecule has 3 heteroatoms. The molecular weight excluding hydrogens is 256 g/mol. The zero-order chi connectivity index (χ0) is 14.7. The van der Waals surface area contributed by atoms with Crippen LogP contribution in [-0.2, 0) is 6.42 Å². The van der Waals surface area contributed by atoms with Gasteiger partial charge in [0.25, 0.3) is 0 Å². The van der Waals surface area contributed by atoms with Gasteiger partial charge < -0.3 is 5.73 Å². The molecule has 20 heavy (non-hydrogen) atoms. The molecule has 0 aliphatic heterocycles. The molecule has 0 amide bonds. The lowest BCUT2D eigenvalue weighted by molar-refractivity contribution is 0.494. The van der Waals surface area contributed by atoms with E-state index in [1.54, 1.807) is 0 Å². The molecule has 0 spiro atoms. The van der Waals surface area contributed by atoms with Gasteiger partial charge in [0.2, 0.25) is 0 Å². The summed E-state index contributed by atoms with van der Waals surface area (Å²) >= 11 is 0. The standard InChI is InChI=1S/C17H19F2N/c1-11(2)10-12-6-8-13(9-7-12)17(20)14-4-3-5-15(18)16(14)19/h3-9,11,17H,10,20H2,1-2H3. The molecule has 0 aliphatic rings. The van der Waals surface area contributed by atoms with Crippen LogP contribution in [0.2, 0.25) is 0 Å². The Morgan fingerprint density at radius 2 is 1.65 bits per heavy atom. The highest BCUT2D eigenvalue weighted by Gasteiger charge is 2.16. The molecule has 0 bridgehead atoms. The quantitative estimate of drug-likeness (QED) is 0.888. The molecule has 2 aromatic carbocycles. The van der Waals surface area contributed by atoms with Crippen LogP contribution in [0.1, 0.15) is 36.6 Å². The summed E-state index contributed by atoms with van der Waals surface area (Å²) in [4.78, 5) is 0. The second-order valence-corrected chi connectivity index (χ2v) is 5.46. The van der Waals surface area contributed by atoms with Crippen LogP contribution in [0.3, 0.4) is 0 Å². The molecule has 0 saturated heterocycles. The number of nitrogens with two attached hydrogens (primary N) is 1. The van der Waals surface area contributed by atoms with Gasteiger partial charge in [-0.25, -0.2) is 8.78 Å². The summed E-state index contributed by atoms with van der Waals surface area (Å²) in [7, 11) is 0. The first-order chi connectivity index (χ1) is 9.49. The van der Waals surface area contributed by atoms with Gasteiger partial charge in [-0.3, -0.25) is 0 Å². The Morgan fingerprint density at radius 3 is 2.25 bits per heavy atom. The van der Waals surface area contributed by atoms with Crippen molar-refractivity contribution in [3.8, 4) is 0 Å². The molecule has 0 aliphatic carbocycles. The van der Waals surface area contributed by atoms with E-state index >= 15 is 0 Å². The van der Waals surface area contributed by atoms with Crippen molar-refractivity contribution < 1.29 is 8.78 Å². The molecule has 2 aromatic rings. The van der Waals surface area contributed by atoms with Gasteiger partial charge in [0.1, 0.15) is 0 Å². The average Bonchev–Trinajstić information content (AvgIpc) is 2.41. The topological polar surface area (TPSA) is 26.0 Å². The summed E-state index contributed by atoms with van der Waals surface area (Å²) in [5.41, 5.74) is 8.21. The average molecular weight is 275 g/mol. The molecule has 106 valence electrons. The van der Waals surface area contributed by atoms with E-state index in [0.29, 0.717) is 5.92 Å². The van der Waals surface area contributed by atoms with E-state index < -0.39 is 17.7 Å². The third-order valence-corrected chi connectivity index (χ3v) is 3.30. The van der Waals surface area contributed by atoms with Crippen molar-refractivity contribution in [2.75, 3.05) is 0 Å². The van der Waals surface area contributed by atoms with Gasteiger partial charge >= 0.3 is 0 Å². The molecule has 0 fully saturated rings. The molecule has 2 N–H and O–H groups in total. The van der Waals surface area contributed by atoms with E-state index in [0.717, 1.165) is 18.1 Å². The molecule has 1 atom stereocenters. The van der Waals surface area contributed by atoms with Crippen LogP contribution in [-0.4, -0.2) is 0 Å². The summed E-state index contributed by atoms with van der Waals surface area (Å²) < 4.78 is 27.0. The predicted octanol–water partition coefficient (Wildman–Crippen LogP) is 4.21. The van der Waals surface area contributed by atoms with Crippen LogP contribution in [0, 0.1) is 17.6 Å². The number of halogens is 2. The van der Waals surface area contributed by atoms with E-state index in [1.165, 1.54) is 17.7 Å². The van der Waals surface area contributed by atoms with Crippen LogP contribution in [0.4, 0.5) is 8.78 Å². The molecular formula is C17H19F2N. The van der Waals surface area contributed by atoms with E-state index in [2.05, 4.69) is 13.8 Å². The highest BCUT2D eigenvalue weighted by molar-refractivity contribution is 5.34.